The molecule has 1 fully saturated rings. The van der Waals surface area contributed by atoms with E-state index in [1.54, 1.807) is 6.07 Å². The highest BCUT2D eigenvalue weighted by Crippen LogP contribution is 2.46. The number of likely N-dealkylation sites (tertiary alicyclic amines) is 1. The van der Waals surface area contributed by atoms with Gasteiger partial charge in [-0.15, -0.1) is 0 Å². The molecular weight excluding hydrogens is 427 g/mol. The number of likely N-dealkylation sites (N-methyl/N-ethyl adjacent to an activating group) is 1. The van der Waals surface area contributed by atoms with Gasteiger partial charge in [0.25, 0.3) is 10.1 Å². The Labute approximate surface area is 181 Å². The first-order chi connectivity index (χ1) is 14.5. The molecule has 31 heavy (non-hydrogen) atoms. The van der Waals surface area contributed by atoms with Crippen molar-refractivity contribution < 1.29 is 26.1 Å². The van der Waals surface area contributed by atoms with Gasteiger partial charge in [0.2, 0.25) is 0 Å². The average Bonchev–Trinajstić information content (AvgIpc) is 3.04. The van der Waals surface area contributed by atoms with Crippen LogP contribution in [0.5, 0.6) is 0 Å². The summed E-state index contributed by atoms with van der Waals surface area (Å²) in [4.78, 5) is 2.52. The Balaban J connectivity index is 0.000000491. The monoisotopic (exact) mass is 455 g/mol. The van der Waals surface area contributed by atoms with Crippen molar-refractivity contribution in [3.05, 3.63) is 70.8 Å². The molecule has 1 saturated heterocycles. The minimum absolute atomic E-state index is 0.356. The third kappa shape index (κ3) is 6.08. The molecule has 3 atom stereocenters. The first-order valence-electron chi connectivity index (χ1n) is 10.4. The second kappa shape index (κ2) is 9.30. The van der Waals surface area contributed by atoms with Crippen LogP contribution in [0.1, 0.15) is 41.5 Å². The second-order valence-electron chi connectivity index (χ2n) is 8.30. The number of nitrogens with zero attached hydrogens (tertiary/aromatic N) is 1. The van der Waals surface area contributed by atoms with Gasteiger partial charge in [0.1, 0.15) is 0 Å². The molecule has 0 bridgehead atoms. The summed E-state index contributed by atoms with van der Waals surface area (Å²) >= 11 is 0. The SMILES string of the molecule is CCN1C[C@@H]2c3ccc(C(F)(F)F)cc3CCC2[C@H]1Cc1ccccc1.CS(=O)(=O)O. The third-order valence-corrected chi connectivity index (χ3v) is 6.22. The molecule has 0 spiro atoms. The van der Waals surface area contributed by atoms with Crippen LogP contribution in [-0.2, 0) is 29.1 Å². The minimum atomic E-state index is -4.26. The molecule has 1 heterocycles. The molecule has 1 aliphatic heterocycles. The van der Waals surface area contributed by atoms with Crippen molar-refractivity contribution in [3.8, 4) is 0 Å². The van der Waals surface area contributed by atoms with Gasteiger partial charge >= 0.3 is 6.18 Å². The van der Waals surface area contributed by atoms with Crippen molar-refractivity contribution in [2.75, 3.05) is 19.3 Å². The number of rotatable bonds is 3. The molecule has 2 aliphatic rings. The summed E-state index contributed by atoms with van der Waals surface area (Å²) in [7, 11) is -3.67. The van der Waals surface area contributed by atoms with E-state index in [1.165, 1.54) is 17.7 Å². The maximum Gasteiger partial charge on any atom is 0.416 e. The normalized spacial score (nSPS) is 23.5. The molecule has 4 nitrogen and oxygen atoms in total. The molecular formula is C23H28F3NO3S. The number of fused-ring (bicyclic) bond motifs is 3. The molecule has 0 radical (unpaired) electrons. The maximum atomic E-state index is 13.0. The summed E-state index contributed by atoms with van der Waals surface area (Å²) in [5, 5.41) is 0. The summed E-state index contributed by atoms with van der Waals surface area (Å²) in [5.41, 5.74) is 2.87. The fraction of sp³-hybridized carbons (Fsp3) is 0.478. The fourth-order valence-electron chi connectivity index (χ4n) is 4.97. The lowest BCUT2D eigenvalue weighted by molar-refractivity contribution is -0.137. The molecule has 0 aromatic heterocycles. The Hall–Kier alpha value is -1.90. The van der Waals surface area contributed by atoms with E-state index in [1.807, 2.05) is 6.07 Å². The first-order valence-corrected chi connectivity index (χ1v) is 12.2. The molecule has 0 saturated carbocycles. The largest absolute Gasteiger partial charge is 0.416 e. The summed E-state index contributed by atoms with van der Waals surface area (Å²) in [5.74, 6) is 0.883. The van der Waals surface area contributed by atoms with Gasteiger partial charge in [-0.25, -0.2) is 0 Å². The number of hydrogen-bond donors (Lipinski definition) is 1. The molecule has 1 unspecified atom stereocenters. The molecule has 2 aromatic carbocycles. The Morgan fingerprint density at radius 2 is 1.77 bits per heavy atom. The summed E-state index contributed by atoms with van der Waals surface area (Å²) in [6.45, 7) is 4.13. The van der Waals surface area contributed by atoms with Crippen LogP contribution in [0.3, 0.4) is 0 Å². The molecule has 2 aromatic rings. The molecule has 8 heteroatoms. The van der Waals surface area contributed by atoms with Crippen LogP contribution in [0, 0.1) is 5.92 Å². The van der Waals surface area contributed by atoms with Gasteiger partial charge in [-0.2, -0.15) is 21.6 Å². The van der Waals surface area contributed by atoms with Crippen molar-refractivity contribution in [1.82, 2.24) is 4.90 Å². The number of hydrogen-bond acceptors (Lipinski definition) is 3. The zero-order chi connectivity index (χ0) is 22.8. The third-order valence-electron chi connectivity index (χ3n) is 6.22. The van der Waals surface area contributed by atoms with E-state index < -0.39 is 21.9 Å². The van der Waals surface area contributed by atoms with Crippen LogP contribution in [0.4, 0.5) is 13.2 Å². The maximum absolute atomic E-state index is 13.0. The Morgan fingerprint density at radius 1 is 1.13 bits per heavy atom. The minimum Gasteiger partial charge on any atom is -0.299 e. The topological polar surface area (TPSA) is 57.6 Å². The smallest absolute Gasteiger partial charge is 0.299 e. The van der Waals surface area contributed by atoms with E-state index in [-0.39, 0.29) is 0 Å². The van der Waals surface area contributed by atoms with Crippen LogP contribution in [0.2, 0.25) is 0 Å². The Kier molecular flexibility index (Phi) is 7.13. The van der Waals surface area contributed by atoms with E-state index in [0.717, 1.165) is 43.5 Å². The van der Waals surface area contributed by atoms with E-state index in [9.17, 15) is 21.6 Å². The Morgan fingerprint density at radius 3 is 2.35 bits per heavy atom. The van der Waals surface area contributed by atoms with Crippen LogP contribution >= 0.6 is 0 Å². The second-order valence-corrected chi connectivity index (χ2v) is 9.76. The Bertz CT molecular complexity index is 985. The van der Waals surface area contributed by atoms with Crippen molar-refractivity contribution in [2.45, 2.75) is 44.3 Å². The van der Waals surface area contributed by atoms with Gasteiger partial charge in [-0.1, -0.05) is 43.3 Å². The van der Waals surface area contributed by atoms with Crippen LogP contribution in [-0.4, -0.2) is 43.3 Å². The summed E-state index contributed by atoms with van der Waals surface area (Å²) in [6, 6.07) is 15.4. The first kappa shape index (κ1) is 23.8. The van der Waals surface area contributed by atoms with E-state index in [0.29, 0.717) is 24.1 Å². The van der Waals surface area contributed by atoms with E-state index in [4.69, 9.17) is 4.55 Å². The number of aryl methyl sites for hydroxylation is 1. The highest BCUT2D eigenvalue weighted by Gasteiger charge is 2.44. The van der Waals surface area contributed by atoms with Gasteiger partial charge in [0.15, 0.2) is 0 Å². The van der Waals surface area contributed by atoms with Crippen molar-refractivity contribution in [3.63, 3.8) is 0 Å². The van der Waals surface area contributed by atoms with Crippen molar-refractivity contribution >= 4 is 10.1 Å². The van der Waals surface area contributed by atoms with Gasteiger partial charge in [0.05, 0.1) is 11.8 Å². The van der Waals surface area contributed by atoms with Crippen molar-refractivity contribution in [1.29, 1.82) is 0 Å². The lowest BCUT2D eigenvalue weighted by atomic mass is 9.73. The highest BCUT2D eigenvalue weighted by atomic mass is 32.2. The molecule has 1 aliphatic carbocycles. The lowest BCUT2D eigenvalue weighted by Crippen LogP contribution is -2.35. The van der Waals surface area contributed by atoms with Gasteiger partial charge in [-0.05, 0) is 60.5 Å². The molecule has 1 N–H and O–H groups in total. The highest BCUT2D eigenvalue weighted by molar-refractivity contribution is 7.85. The summed E-state index contributed by atoms with van der Waals surface area (Å²) < 4.78 is 65.0. The summed E-state index contributed by atoms with van der Waals surface area (Å²) in [6.07, 6.45) is -0.790. The lowest BCUT2D eigenvalue weighted by Gasteiger charge is -2.32. The van der Waals surface area contributed by atoms with E-state index >= 15 is 0 Å². The average molecular weight is 456 g/mol. The zero-order valence-corrected chi connectivity index (χ0v) is 18.5. The van der Waals surface area contributed by atoms with Gasteiger partial charge in [0, 0.05) is 18.5 Å². The van der Waals surface area contributed by atoms with Crippen LogP contribution in [0.25, 0.3) is 0 Å². The predicted molar refractivity (Wildman–Crippen MR) is 115 cm³/mol. The molecule has 4 rings (SSSR count). The molecule has 170 valence electrons. The number of benzene rings is 2. The van der Waals surface area contributed by atoms with E-state index in [2.05, 4.69) is 36.1 Å². The number of alkyl halides is 3. The van der Waals surface area contributed by atoms with Crippen molar-refractivity contribution in [2.24, 2.45) is 5.92 Å². The quantitative estimate of drug-likeness (QED) is 0.676. The van der Waals surface area contributed by atoms with Crippen LogP contribution in [0.15, 0.2) is 48.5 Å². The molecule has 0 amide bonds. The zero-order valence-electron chi connectivity index (χ0n) is 17.6. The van der Waals surface area contributed by atoms with Gasteiger partial charge in [-0.3, -0.25) is 9.45 Å². The predicted octanol–water partition coefficient (Wildman–Crippen LogP) is 4.80. The standard InChI is InChI=1S/C22H24F3N.CH4O3S/c1-2-26-14-20-18-11-9-17(22(23,24)25)13-16(18)8-10-19(20)21(26)12-15-6-4-3-5-7-15;1-5(2,3)4/h3-7,9,11,13,19-21H,2,8,10,12,14H2,1H3;1H3,(H,2,3,4)/t19?,20-,21-;/m1./s1. The fourth-order valence-corrected chi connectivity index (χ4v) is 4.97. The van der Waals surface area contributed by atoms with Crippen LogP contribution < -0.4 is 0 Å². The van der Waals surface area contributed by atoms with Gasteiger partial charge < -0.3 is 0 Å². The number of halogens is 3.